The summed E-state index contributed by atoms with van der Waals surface area (Å²) >= 11 is 0. The van der Waals surface area contributed by atoms with Crippen LogP contribution in [0.1, 0.15) is 6.42 Å². The second-order valence-electron chi connectivity index (χ2n) is 4.03. The normalized spacial score (nSPS) is 49.9. The molecule has 2 saturated carbocycles. The second-order valence-corrected chi connectivity index (χ2v) is 4.03. The lowest BCUT2D eigenvalue weighted by Crippen LogP contribution is -2.50. The highest BCUT2D eigenvalue weighted by atomic mass is 19.1. The first-order chi connectivity index (χ1) is 6.39. The van der Waals surface area contributed by atoms with Crippen LogP contribution in [-0.4, -0.2) is 33.9 Å². The van der Waals surface area contributed by atoms with Crippen molar-refractivity contribution in [2.24, 2.45) is 23.5 Å². The molecule has 0 amide bonds. The number of halogens is 1. The maximum atomic E-state index is 13.2. The number of nitrogens with two attached hydrogens (primary N) is 1. The highest BCUT2D eigenvalue weighted by Gasteiger charge is 2.74. The van der Waals surface area contributed by atoms with Crippen LogP contribution in [0.5, 0.6) is 0 Å². The van der Waals surface area contributed by atoms with Crippen molar-refractivity contribution in [1.29, 1.82) is 0 Å². The van der Waals surface area contributed by atoms with Crippen molar-refractivity contribution in [3.05, 3.63) is 0 Å². The molecular weight excluding hydrogens is 193 g/mol. The third-order valence-corrected chi connectivity index (χ3v) is 3.30. The number of rotatable bonds is 2. The molecule has 2 aliphatic carbocycles. The first kappa shape index (κ1) is 9.39. The SMILES string of the molecule is N[C@]1(C(=O)O)C[C@H](F)C2[C@@H](C(=O)O)[C@@H]21. The van der Waals surface area contributed by atoms with E-state index in [2.05, 4.69) is 0 Å². The fraction of sp³-hybridized carbons (Fsp3) is 0.750. The average molecular weight is 203 g/mol. The number of carboxylic acid groups (broad SMARTS) is 2. The molecule has 2 aliphatic rings. The summed E-state index contributed by atoms with van der Waals surface area (Å²) in [6, 6.07) is 0. The average Bonchev–Trinajstić information content (AvgIpc) is 2.72. The van der Waals surface area contributed by atoms with Gasteiger partial charge in [-0.05, 0) is 0 Å². The molecule has 0 aromatic rings. The minimum absolute atomic E-state index is 0.276. The summed E-state index contributed by atoms with van der Waals surface area (Å²) in [5.41, 5.74) is 3.82. The zero-order chi connectivity index (χ0) is 10.7. The van der Waals surface area contributed by atoms with Gasteiger partial charge in [-0.2, -0.15) is 0 Å². The van der Waals surface area contributed by atoms with E-state index in [-0.39, 0.29) is 6.42 Å². The van der Waals surface area contributed by atoms with Crippen molar-refractivity contribution < 1.29 is 24.2 Å². The van der Waals surface area contributed by atoms with Crippen LogP contribution < -0.4 is 5.73 Å². The van der Waals surface area contributed by atoms with E-state index in [9.17, 15) is 14.0 Å². The smallest absolute Gasteiger partial charge is 0.324 e. The Kier molecular flexibility index (Phi) is 1.64. The first-order valence-corrected chi connectivity index (χ1v) is 4.28. The molecular formula is C8H10FNO4. The van der Waals surface area contributed by atoms with Gasteiger partial charge in [0.1, 0.15) is 11.7 Å². The third kappa shape index (κ3) is 0.914. The van der Waals surface area contributed by atoms with Gasteiger partial charge in [-0.1, -0.05) is 0 Å². The highest BCUT2D eigenvalue weighted by Crippen LogP contribution is 2.62. The highest BCUT2D eigenvalue weighted by molar-refractivity contribution is 5.85. The van der Waals surface area contributed by atoms with E-state index in [0.717, 1.165) is 0 Å². The van der Waals surface area contributed by atoms with Crippen LogP contribution >= 0.6 is 0 Å². The maximum Gasteiger partial charge on any atom is 0.324 e. The predicted molar refractivity (Wildman–Crippen MR) is 42.2 cm³/mol. The summed E-state index contributed by atoms with van der Waals surface area (Å²) in [7, 11) is 0. The van der Waals surface area contributed by atoms with Crippen LogP contribution in [0.2, 0.25) is 0 Å². The van der Waals surface area contributed by atoms with E-state index in [0.29, 0.717) is 0 Å². The van der Waals surface area contributed by atoms with Gasteiger partial charge in [-0.15, -0.1) is 0 Å². The molecule has 4 N–H and O–H groups in total. The minimum Gasteiger partial charge on any atom is -0.481 e. The maximum absolute atomic E-state index is 13.2. The molecule has 5 atom stereocenters. The Hall–Kier alpha value is -1.17. The van der Waals surface area contributed by atoms with Crippen molar-refractivity contribution in [3.63, 3.8) is 0 Å². The van der Waals surface area contributed by atoms with Gasteiger partial charge in [0.2, 0.25) is 0 Å². The third-order valence-electron chi connectivity index (χ3n) is 3.30. The predicted octanol–water partition coefficient (Wildman–Crippen LogP) is -0.543. The molecule has 0 saturated heterocycles. The summed E-state index contributed by atoms with van der Waals surface area (Å²) < 4.78 is 13.2. The Bertz CT molecular complexity index is 320. The summed E-state index contributed by atoms with van der Waals surface area (Å²) in [6.45, 7) is 0. The Morgan fingerprint density at radius 2 is 2.00 bits per heavy atom. The number of carboxylic acids is 2. The van der Waals surface area contributed by atoms with Crippen molar-refractivity contribution in [2.45, 2.75) is 18.1 Å². The fourth-order valence-corrected chi connectivity index (χ4v) is 2.59. The number of aliphatic carboxylic acids is 2. The van der Waals surface area contributed by atoms with Gasteiger partial charge in [0, 0.05) is 18.3 Å². The largest absolute Gasteiger partial charge is 0.481 e. The van der Waals surface area contributed by atoms with E-state index < -0.39 is 41.4 Å². The molecule has 0 aromatic carbocycles. The van der Waals surface area contributed by atoms with Gasteiger partial charge < -0.3 is 15.9 Å². The zero-order valence-electron chi connectivity index (χ0n) is 7.18. The molecule has 0 radical (unpaired) electrons. The number of hydrogen-bond acceptors (Lipinski definition) is 3. The molecule has 14 heavy (non-hydrogen) atoms. The Balaban J connectivity index is 2.26. The quantitative estimate of drug-likeness (QED) is 0.559. The van der Waals surface area contributed by atoms with Crippen molar-refractivity contribution >= 4 is 11.9 Å². The summed E-state index contributed by atoms with van der Waals surface area (Å²) in [6.07, 6.45) is -1.68. The van der Waals surface area contributed by atoms with Crippen LogP contribution in [0.3, 0.4) is 0 Å². The van der Waals surface area contributed by atoms with E-state index >= 15 is 0 Å². The van der Waals surface area contributed by atoms with Gasteiger partial charge in [0.15, 0.2) is 0 Å². The van der Waals surface area contributed by atoms with Gasteiger partial charge in [0.05, 0.1) is 5.92 Å². The number of alkyl halides is 1. The monoisotopic (exact) mass is 203 g/mol. The Morgan fingerprint density at radius 3 is 2.36 bits per heavy atom. The number of carbonyl (C=O) groups is 2. The van der Waals surface area contributed by atoms with Gasteiger partial charge in [-0.3, -0.25) is 9.59 Å². The molecule has 6 heteroatoms. The first-order valence-electron chi connectivity index (χ1n) is 4.28. The molecule has 5 nitrogen and oxygen atoms in total. The van der Waals surface area contributed by atoms with E-state index in [1.807, 2.05) is 0 Å². The lowest BCUT2D eigenvalue weighted by atomic mass is 9.91. The van der Waals surface area contributed by atoms with Crippen molar-refractivity contribution in [3.8, 4) is 0 Å². The van der Waals surface area contributed by atoms with Crippen molar-refractivity contribution in [1.82, 2.24) is 0 Å². The standard InChI is InChI=1S/C8H10FNO4/c9-2-1-8(10,7(13)14)5-3(2)4(5)6(11)12/h2-5H,1,10H2,(H,11,12)(H,13,14)/t2-,3?,4+,5+,8+/m0/s1. The molecule has 0 heterocycles. The van der Waals surface area contributed by atoms with E-state index in [4.69, 9.17) is 15.9 Å². The van der Waals surface area contributed by atoms with E-state index in [1.165, 1.54) is 0 Å². The number of hydrogen-bond donors (Lipinski definition) is 3. The molecule has 2 fully saturated rings. The molecule has 0 bridgehead atoms. The van der Waals surface area contributed by atoms with Gasteiger partial charge in [0.25, 0.3) is 0 Å². The summed E-state index contributed by atoms with van der Waals surface area (Å²) in [4.78, 5) is 21.4. The molecule has 2 rings (SSSR count). The van der Waals surface area contributed by atoms with Crippen LogP contribution in [-0.2, 0) is 9.59 Å². The molecule has 0 aromatic heterocycles. The topological polar surface area (TPSA) is 101 Å². The lowest BCUT2D eigenvalue weighted by Gasteiger charge is -2.21. The fourth-order valence-electron chi connectivity index (χ4n) is 2.59. The Labute approximate surface area is 78.7 Å². The molecule has 0 spiro atoms. The van der Waals surface area contributed by atoms with Gasteiger partial charge >= 0.3 is 11.9 Å². The van der Waals surface area contributed by atoms with Crippen LogP contribution in [0.15, 0.2) is 0 Å². The molecule has 0 aliphatic heterocycles. The van der Waals surface area contributed by atoms with Crippen LogP contribution in [0.25, 0.3) is 0 Å². The minimum atomic E-state index is -1.69. The lowest BCUT2D eigenvalue weighted by molar-refractivity contribution is -0.145. The van der Waals surface area contributed by atoms with Crippen LogP contribution in [0.4, 0.5) is 4.39 Å². The summed E-state index contributed by atoms with van der Waals surface area (Å²) in [5.74, 6) is -4.82. The second kappa shape index (κ2) is 2.44. The zero-order valence-corrected chi connectivity index (χ0v) is 7.18. The molecule has 1 unspecified atom stereocenters. The Morgan fingerprint density at radius 1 is 1.43 bits per heavy atom. The van der Waals surface area contributed by atoms with Gasteiger partial charge in [-0.25, -0.2) is 4.39 Å². The van der Waals surface area contributed by atoms with Crippen LogP contribution in [0, 0.1) is 17.8 Å². The summed E-state index contributed by atoms with van der Waals surface area (Å²) in [5, 5.41) is 17.5. The number of fused-ring (bicyclic) bond motifs is 1. The molecule has 78 valence electrons. The van der Waals surface area contributed by atoms with Crippen molar-refractivity contribution in [2.75, 3.05) is 0 Å². The van der Waals surface area contributed by atoms with E-state index in [1.54, 1.807) is 0 Å².